The molecule has 2 aliphatic carbocycles. The molecule has 0 aromatic carbocycles. The van der Waals surface area contributed by atoms with Crippen molar-refractivity contribution < 1.29 is 4.74 Å². The van der Waals surface area contributed by atoms with Gasteiger partial charge in [-0.15, -0.1) is 0 Å². The molecular weight excluding hydrogens is 238 g/mol. The molecule has 3 unspecified atom stereocenters. The Morgan fingerprint density at radius 3 is 2.68 bits per heavy atom. The first-order chi connectivity index (χ1) is 8.97. The topological polar surface area (TPSA) is 47.0 Å². The maximum absolute atomic E-state index is 6.20. The molecule has 0 radical (unpaired) electrons. The van der Waals surface area contributed by atoms with E-state index in [1.807, 2.05) is 13.1 Å². The van der Waals surface area contributed by atoms with Crippen molar-refractivity contribution in [1.29, 1.82) is 0 Å². The largest absolute Gasteiger partial charge is 0.474 e. The molecular formula is C15H23N3O. The third-order valence-corrected chi connectivity index (χ3v) is 5.88. The summed E-state index contributed by atoms with van der Waals surface area (Å²) in [4.78, 5) is 8.36. The number of rotatable bonds is 3. The minimum absolute atomic E-state index is 0.266. The summed E-state index contributed by atoms with van der Waals surface area (Å²) in [5, 5.41) is 3.02. The summed E-state index contributed by atoms with van der Waals surface area (Å²) in [6, 6.07) is 1.88. The number of anilines is 1. The molecule has 3 atom stereocenters. The molecule has 19 heavy (non-hydrogen) atoms. The highest BCUT2D eigenvalue weighted by atomic mass is 16.5. The van der Waals surface area contributed by atoms with Gasteiger partial charge < -0.3 is 10.1 Å². The first-order valence-electron chi connectivity index (χ1n) is 7.14. The van der Waals surface area contributed by atoms with Gasteiger partial charge in [-0.25, -0.2) is 9.97 Å². The average molecular weight is 261 g/mol. The van der Waals surface area contributed by atoms with Gasteiger partial charge in [-0.1, -0.05) is 20.8 Å². The van der Waals surface area contributed by atoms with Crippen LogP contribution in [0.15, 0.2) is 12.4 Å². The highest BCUT2D eigenvalue weighted by molar-refractivity contribution is 5.36. The van der Waals surface area contributed by atoms with E-state index in [1.54, 1.807) is 6.33 Å². The second-order valence-electron chi connectivity index (χ2n) is 6.71. The van der Waals surface area contributed by atoms with Crippen LogP contribution in [0.25, 0.3) is 0 Å². The Morgan fingerprint density at radius 2 is 2.11 bits per heavy atom. The van der Waals surface area contributed by atoms with Crippen LogP contribution < -0.4 is 10.1 Å². The Hall–Kier alpha value is -1.32. The summed E-state index contributed by atoms with van der Waals surface area (Å²) < 4.78 is 6.20. The van der Waals surface area contributed by atoms with E-state index < -0.39 is 0 Å². The van der Waals surface area contributed by atoms with E-state index in [0.29, 0.717) is 11.3 Å². The van der Waals surface area contributed by atoms with Gasteiger partial charge >= 0.3 is 0 Å². The van der Waals surface area contributed by atoms with E-state index >= 15 is 0 Å². The van der Waals surface area contributed by atoms with Crippen molar-refractivity contribution in [2.24, 2.45) is 16.7 Å². The number of nitrogens with zero attached hydrogens (tertiary/aromatic N) is 2. The molecule has 2 fully saturated rings. The lowest BCUT2D eigenvalue weighted by Crippen LogP contribution is -2.39. The third-order valence-electron chi connectivity index (χ3n) is 5.88. The Labute approximate surface area is 115 Å². The molecule has 3 rings (SSSR count). The van der Waals surface area contributed by atoms with Crippen molar-refractivity contribution >= 4 is 5.82 Å². The van der Waals surface area contributed by atoms with Crippen LogP contribution in [-0.2, 0) is 0 Å². The molecule has 1 heterocycles. The van der Waals surface area contributed by atoms with Crippen molar-refractivity contribution in [3.63, 3.8) is 0 Å². The van der Waals surface area contributed by atoms with E-state index in [9.17, 15) is 0 Å². The molecule has 0 saturated heterocycles. The summed E-state index contributed by atoms with van der Waals surface area (Å²) in [5.41, 5.74) is 0.638. The first kappa shape index (κ1) is 12.7. The number of hydrogen-bond acceptors (Lipinski definition) is 4. The Morgan fingerprint density at radius 1 is 1.32 bits per heavy atom. The third kappa shape index (κ3) is 1.72. The lowest BCUT2D eigenvalue weighted by Gasteiger charge is -2.38. The molecule has 4 nitrogen and oxygen atoms in total. The molecule has 104 valence electrons. The smallest absolute Gasteiger partial charge is 0.218 e. The summed E-state index contributed by atoms with van der Waals surface area (Å²) in [6.45, 7) is 7.17. The van der Waals surface area contributed by atoms with Crippen molar-refractivity contribution in [2.45, 2.75) is 46.1 Å². The molecule has 4 heteroatoms. The molecule has 2 aliphatic rings. The number of nitrogens with one attached hydrogen (secondary N) is 1. The van der Waals surface area contributed by atoms with Gasteiger partial charge in [0, 0.05) is 18.5 Å². The fourth-order valence-corrected chi connectivity index (χ4v) is 3.99. The standard InChI is InChI=1S/C15H23N3O/c1-14(2)10-5-6-15(14,3)11(7-10)19-13-8-12(16-4)17-9-18-13/h8-11H,5-7H2,1-4H3,(H,16,17,18). The van der Waals surface area contributed by atoms with E-state index in [1.165, 1.54) is 12.8 Å². The molecule has 1 N–H and O–H groups in total. The van der Waals surface area contributed by atoms with Gasteiger partial charge in [-0.2, -0.15) is 0 Å². The molecule has 2 saturated carbocycles. The molecule has 1 aromatic heterocycles. The Kier molecular flexibility index (Phi) is 2.73. The minimum Gasteiger partial charge on any atom is -0.474 e. The zero-order valence-electron chi connectivity index (χ0n) is 12.2. The Balaban J connectivity index is 1.82. The number of ether oxygens (including phenoxy) is 1. The normalized spacial score (nSPS) is 35.4. The second kappa shape index (κ2) is 4.09. The van der Waals surface area contributed by atoms with E-state index in [2.05, 4.69) is 36.1 Å². The van der Waals surface area contributed by atoms with Gasteiger partial charge in [0.25, 0.3) is 0 Å². The van der Waals surface area contributed by atoms with E-state index in [0.717, 1.165) is 18.2 Å². The molecule has 0 aliphatic heterocycles. The van der Waals surface area contributed by atoms with Gasteiger partial charge in [0.1, 0.15) is 18.2 Å². The average Bonchev–Trinajstić information content (AvgIpc) is 2.72. The second-order valence-corrected chi connectivity index (χ2v) is 6.71. The molecule has 0 spiro atoms. The quantitative estimate of drug-likeness (QED) is 0.908. The van der Waals surface area contributed by atoms with Gasteiger partial charge in [-0.05, 0) is 30.6 Å². The maximum Gasteiger partial charge on any atom is 0.218 e. The van der Waals surface area contributed by atoms with Gasteiger partial charge in [0.15, 0.2) is 0 Å². The maximum atomic E-state index is 6.20. The molecule has 1 aromatic rings. The highest BCUT2D eigenvalue weighted by Gasteiger charge is 2.62. The zero-order valence-corrected chi connectivity index (χ0v) is 12.2. The first-order valence-corrected chi connectivity index (χ1v) is 7.14. The lowest BCUT2D eigenvalue weighted by molar-refractivity contribution is 0.0273. The molecule has 0 amide bonds. The lowest BCUT2D eigenvalue weighted by atomic mass is 9.70. The van der Waals surface area contributed by atoms with Crippen LogP contribution in [0.3, 0.4) is 0 Å². The number of hydrogen-bond donors (Lipinski definition) is 1. The van der Waals surface area contributed by atoms with Gasteiger partial charge in [0.2, 0.25) is 5.88 Å². The van der Waals surface area contributed by atoms with Crippen molar-refractivity contribution in [2.75, 3.05) is 12.4 Å². The van der Waals surface area contributed by atoms with Crippen LogP contribution in [0.2, 0.25) is 0 Å². The Bertz CT molecular complexity index is 488. The van der Waals surface area contributed by atoms with Crippen LogP contribution >= 0.6 is 0 Å². The fraction of sp³-hybridized carbons (Fsp3) is 0.733. The van der Waals surface area contributed by atoms with E-state index in [4.69, 9.17) is 4.74 Å². The van der Waals surface area contributed by atoms with Gasteiger partial charge in [0.05, 0.1) is 0 Å². The summed E-state index contributed by atoms with van der Waals surface area (Å²) in [5.74, 6) is 2.28. The van der Waals surface area contributed by atoms with Crippen LogP contribution in [0.5, 0.6) is 5.88 Å². The van der Waals surface area contributed by atoms with Crippen LogP contribution in [0.4, 0.5) is 5.82 Å². The predicted molar refractivity (Wildman–Crippen MR) is 75.2 cm³/mol. The summed E-state index contributed by atoms with van der Waals surface area (Å²) >= 11 is 0. The predicted octanol–water partition coefficient (Wildman–Crippen LogP) is 3.11. The minimum atomic E-state index is 0.266. The molecule has 2 bridgehead atoms. The highest BCUT2D eigenvalue weighted by Crippen LogP contribution is 2.66. The fourth-order valence-electron chi connectivity index (χ4n) is 3.99. The monoisotopic (exact) mass is 261 g/mol. The summed E-state index contributed by atoms with van der Waals surface area (Å²) in [6.07, 6.45) is 5.60. The van der Waals surface area contributed by atoms with Crippen LogP contribution in [0.1, 0.15) is 40.0 Å². The zero-order chi connectivity index (χ0) is 13.7. The van der Waals surface area contributed by atoms with Crippen LogP contribution in [0, 0.1) is 16.7 Å². The van der Waals surface area contributed by atoms with Crippen molar-refractivity contribution in [1.82, 2.24) is 9.97 Å². The van der Waals surface area contributed by atoms with Crippen LogP contribution in [-0.4, -0.2) is 23.1 Å². The SMILES string of the molecule is CNc1cc(OC2CC3CCC2(C)C3(C)C)ncn1. The number of fused-ring (bicyclic) bond motifs is 2. The van der Waals surface area contributed by atoms with Gasteiger partial charge in [-0.3, -0.25) is 0 Å². The summed E-state index contributed by atoms with van der Waals surface area (Å²) in [7, 11) is 1.86. The number of aromatic nitrogens is 2. The van der Waals surface area contributed by atoms with Crippen molar-refractivity contribution in [3.8, 4) is 5.88 Å². The van der Waals surface area contributed by atoms with Crippen molar-refractivity contribution in [3.05, 3.63) is 12.4 Å². The van der Waals surface area contributed by atoms with E-state index in [-0.39, 0.29) is 11.5 Å².